The van der Waals surface area contributed by atoms with Crippen LogP contribution in [-0.2, 0) is 20.1 Å². The van der Waals surface area contributed by atoms with Crippen LogP contribution >= 0.6 is 0 Å². The second-order valence-corrected chi connectivity index (χ2v) is 12.0. The van der Waals surface area contributed by atoms with E-state index in [4.69, 9.17) is 0 Å². The van der Waals surface area contributed by atoms with Crippen molar-refractivity contribution < 1.29 is 30.3 Å². The van der Waals surface area contributed by atoms with Gasteiger partial charge in [-0.2, -0.15) is 0 Å². The summed E-state index contributed by atoms with van der Waals surface area (Å²) in [6, 6.07) is 30.9. The summed E-state index contributed by atoms with van der Waals surface area (Å²) in [5.74, 6) is 0. The molecule has 0 aliphatic carbocycles. The number of fused-ring (bicyclic) bond motifs is 6. The number of benzene rings is 4. The van der Waals surface area contributed by atoms with E-state index in [9.17, 15) is 10.2 Å². The molecule has 4 heteroatoms. The van der Waals surface area contributed by atoms with Gasteiger partial charge in [0.15, 0.2) is 0 Å². The van der Waals surface area contributed by atoms with Gasteiger partial charge in [-0.3, -0.25) is 0 Å². The Hall–Kier alpha value is -2.62. The van der Waals surface area contributed by atoms with Crippen molar-refractivity contribution in [2.24, 2.45) is 10.8 Å². The van der Waals surface area contributed by atoms with Crippen LogP contribution in [0.1, 0.15) is 48.0 Å². The van der Waals surface area contributed by atoms with Gasteiger partial charge in [-0.15, -0.1) is 23.8 Å². The Kier molecular flexibility index (Phi) is 9.49. The minimum atomic E-state index is -0.443. The number of nitrogens with zero attached hydrogens (tertiary/aromatic N) is 1. The van der Waals surface area contributed by atoms with Crippen LogP contribution in [0.15, 0.2) is 85.1 Å². The summed E-state index contributed by atoms with van der Waals surface area (Å²) in [5.41, 5.74) is 1.69. The first-order valence-corrected chi connectivity index (χ1v) is 13.0. The van der Waals surface area contributed by atoms with Gasteiger partial charge >= 0.3 is 0 Å². The van der Waals surface area contributed by atoms with Crippen LogP contribution in [0, 0.1) is 16.9 Å². The number of hydrogen-bond acceptors (Lipinski definition) is 3. The molecule has 0 aliphatic heterocycles. The molecule has 5 aromatic rings. The number of aromatic nitrogens is 1. The molecule has 4 aromatic carbocycles. The molecule has 0 saturated heterocycles. The van der Waals surface area contributed by atoms with E-state index in [0.717, 1.165) is 11.3 Å². The van der Waals surface area contributed by atoms with E-state index in [-0.39, 0.29) is 30.9 Å². The maximum Gasteiger partial charge on any atom is 0.0613 e. The van der Waals surface area contributed by atoms with E-state index >= 15 is 0 Å². The molecule has 1 heterocycles. The average Bonchev–Trinajstić information content (AvgIpc) is 2.88. The van der Waals surface area contributed by atoms with Crippen LogP contribution in [0.2, 0.25) is 0 Å². The second kappa shape index (κ2) is 12.1. The van der Waals surface area contributed by atoms with Gasteiger partial charge in [-0.05, 0) is 38.7 Å². The fraction of sp³-hybridized carbons (Fsp3) is 0.324. The first-order valence-electron chi connectivity index (χ1n) is 13.0. The summed E-state index contributed by atoms with van der Waals surface area (Å²) >= 11 is 0. The Labute approximate surface area is 240 Å². The summed E-state index contributed by atoms with van der Waals surface area (Å²) in [7, 11) is 0. The van der Waals surface area contributed by atoms with Gasteiger partial charge in [0.25, 0.3) is 0 Å². The van der Waals surface area contributed by atoms with Gasteiger partial charge in [0, 0.05) is 32.7 Å². The Morgan fingerprint density at radius 2 is 1.11 bits per heavy atom. The molecule has 0 saturated carbocycles. The van der Waals surface area contributed by atoms with Crippen molar-refractivity contribution in [1.29, 1.82) is 0 Å². The van der Waals surface area contributed by atoms with Crippen molar-refractivity contribution in [3.05, 3.63) is 91.1 Å². The largest absolute Gasteiger partial charge is 0.392 e. The summed E-state index contributed by atoms with van der Waals surface area (Å²) in [4.78, 5) is 4.47. The zero-order valence-corrected chi connectivity index (χ0v) is 25.5. The van der Waals surface area contributed by atoms with Crippen molar-refractivity contribution in [3.63, 3.8) is 0 Å². The van der Waals surface area contributed by atoms with Gasteiger partial charge in [0.2, 0.25) is 0 Å². The maximum atomic E-state index is 9.76. The minimum Gasteiger partial charge on any atom is -0.392 e. The van der Waals surface area contributed by atoms with Crippen molar-refractivity contribution in [2.75, 3.05) is 0 Å². The molecule has 0 aliphatic rings. The van der Waals surface area contributed by atoms with Crippen LogP contribution in [0.5, 0.6) is 0 Å². The molecule has 0 bridgehead atoms. The quantitative estimate of drug-likeness (QED) is 0.149. The van der Waals surface area contributed by atoms with Gasteiger partial charge in [-0.25, -0.2) is 0 Å². The fourth-order valence-corrected chi connectivity index (χ4v) is 4.43. The number of aliphatic hydroxyl groups excluding tert-OH is 2. The molecule has 3 nitrogen and oxygen atoms in total. The molecule has 0 spiro atoms. The Morgan fingerprint density at radius 3 is 1.55 bits per heavy atom. The van der Waals surface area contributed by atoms with E-state index in [1.54, 1.807) is 0 Å². The number of pyridine rings is 1. The van der Waals surface area contributed by atoms with E-state index in [0.29, 0.717) is 6.42 Å². The van der Waals surface area contributed by atoms with Crippen LogP contribution in [-0.4, -0.2) is 27.4 Å². The van der Waals surface area contributed by atoms with Gasteiger partial charge in [0.05, 0.1) is 12.2 Å². The molecule has 2 unspecified atom stereocenters. The zero-order chi connectivity index (χ0) is 26.8. The molecule has 0 fully saturated rings. The number of rotatable bonds is 3. The van der Waals surface area contributed by atoms with E-state index in [1.165, 1.54) is 32.3 Å². The van der Waals surface area contributed by atoms with Gasteiger partial charge in [0.1, 0.15) is 0 Å². The third kappa shape index (κ3) is 6.68. The first-order chi connectivity index (χ1) is 17.5. The predicted octanol–water partition coefficient (Wildman–Crippen LogP) is 8.20. The molecule has 201 valence electrons. The first kappa shape index (κ1) is 29.9. The Morgan fingerprint density at radius 1 is 0.658 bits per heavy atom. The summed E-state index contributed by atoms with van der Waals surface area (Å²) in [6.45, 7) is 11.9. The third-order valence-corrected chi connectivity index (χ3v) is 7.06. The molecule has 1 radical (unpaired) electrons. The van der Waals surface area contributed by atoms with Crippen molar-refractivity contribution in [2.45, 2.75) is 60.2 Å². The molecule has 2 atom stereocenters. The molecular formula is C34H38IrNO2-. The third-order valence-electron chi connectivity index (χ3n) is 7.06. The molecule has 38 heavy (non-hydrogen) atoms. The van der Waals surface area contributed by atoms with Gasteiger partial charge in [-0.1, -0.05) is 118 Å². The topological polar surface area (TPSA) is 53.4 Å². The van der Waals surface area contributed by atoms with Crippen molar-refractivity contribution >= 4 is 32.3 Å². The fourth-order valence-electron chi connectivity index (χ4n) is 4.43. The van der Waals surface area contributed by atoms with Crippen molar-refractivity contribution in [1.82, 2.24) is 4.98 Å². The predicted molar refractivity (Wildman–Crippen MR) is 157 cm³/mol. The van der Waals surface area contributed by atoms with Crippen LogP contribution < -0.4 is 0 Å². The van der Waals surface area contributed by atoms with E-state index in [2.05, 4.69) is 71.7 Å². The van der Waals surface area contributed by atoms with Crippen LogP contribution in [0.25, 0.3) is 43.6 Å². The van der Waals surface area contributed by atoms with Crippen LogP contribution in [0.4, 0.5) is 0 Å². The SMILES string of the molecule is CC(C)(C)C(O)CC(O)C(C)(C)C.[Ir].[c-]1cc2c3ccccc3c3ccccc3c2cc1-c1ccccn1. The molecule has 5 rings (SSSR count). The summed E-state index contributed by atoms with van der Waals surface area (Å²) in [6.07, 6.45) is 1.39. The standard InChI is InChI=1S/C23H14N.C11H24O2.Ir/c1-2-9-19-17(7-1)18-8-3-4-10-20(18)22-15-16(12-13-21(19)22)23-11-5-6-14-24-23;1-10(2,3)8(12)7-9(13)11(4,5)6;/h1-11,13-15H;8-9,12-13H,7H2,1-6H3;/q-1;;. The summed E-state index contributed by atoms with van der Waals surface area (Å²) in [5, 5.41) is 27.1. The smallest absolute Gasteiger partial charge is 0.0613 e. The molecular weight excluding hydrogens is 647 g/mol. The van der Waals surface area contributed by atoms with E-state index in [1.807, 2.05) is 65.9 Å². The normalized spacial score (nSPS) is 13.5. The average molecular weight is 685 g/mol. The molecule has 1 aromatic heterocycles. The Bertz CT molecular complexity index is 1450. The van der Waals surface area contributed by atoms with Gasteiger partial charge < -0.3 is 15.2 Å². The maximum absolute atomic E-state index is 9.76. The minimum absolute atomic E-state index is 0. The summed E-state index contributed by atoms with van der Waals surface area (Å²) < 4.78 is 0. The Balaban J connectivity index is 0.000000248. The molecule has 0 amide bonds. The van der Waals surface area contributed by atoms with E-state index < -0.39 is 12.2 Å². The number of hydrogen-bond donors (Lipinski definition) is 2. The second-order valence-electron chi connectivity index (χ2n) is 12.0. The molecule has 2 N–H and O–H groups in total. The van der Waals surface area contributed by atoms with Crippen LogP contribution in [0.3, 0.4) is 0 Å². The number of aliphatic hydroxyl groups is 2. The zero-order valence-electron chi connectivity index (χ0n) is 23.1. The monoisotopic (exact) mass is 685 g/mol. The van der Waals surface area contributed by atoms with Crippen molar-refractivity contribution in [3.8, 4) is 11.3 Å².